The molecule has 0 amide bonds. The number of esters is 1. The molecule has 0 aromatic carbocycles. The highest BCUT2D eigenvalue weighted by Crippen LogP contribution is 2.27. The first-order chi connectivity index (χ1) is 9.80. The predicted octanol–water partition coefficient (Wildman–Crippen LogP) is 1.19. The number of hydrogen-bond donors (Lipinski definition) is 1. The van der Waals surface area contributed by atoms with Crippen LogP contribution in [-0.4, -0.2) is 48.5 Å². The van der Waals surface area contributed by atoms with E-state index in [0.29, 0.717) is 5.03 Å². The summed E-state index contributed by atoms with van der Waals surface area (Å²) in [5, 5.41) is 4.73. The Morgan fingerprint density at radius 3 is 2.62 bits per heavy atom. The highest BCUT2D eigenvalue weighted by atomic mass is 32.2. The van der Waals surface area contributed by atoms with Crippen molar-refractivity contribution >= 4 is 33.4 Å². The molecule has 2 N–H and O–H groups in total. The first kappa shape index (κ1) is 17.8. The van der Waals surface area contributed by atoms with E-state index in [-0.39, 0.29) is 30.3 Å². The minimum absolute atomic E-state index is 0.0843. The molecule has 0 aliphatic carbocycles. The number of rotatable bonds is 8. The number of aromatic nitrogens is 2. The second-order valence-corrected chi connectivity index (χ2v) is 7.83. The third kappa shape index (κ3) is 5.24. The van der Waals surface area contributed by atoms with E-state index in [0.717, 1.165) is 18.4 Å². The van der Waals surface area contributed by atoms with Gasteiger partial charge in [-0.05, 0) is 19.1 Å². The van der Waals surface area contributed by atoms with Gasteiger partial charge in [0.1, 0.15) is 26.2 Å². The largest absolute Gasteiger partial charge is 0.462 e. The number of hydrogen-bond acceptors (Lipinski definition) is 7. The van der Waals surface area contributed by atoms with Crippen molar-refractivity contribution in [2.24, 2.45) is 0 Å². The van der Waals surface area contributed by atoms with Gasteiger partial charge in [-0.25, -0.2) is 17.9 Å². The maximum absolute atomic E-state index is 12.0. The maximum atomic E-state index is 12.0. The van der Waals surface area contributed by atoms with Crippen molar-refractivity contribution in [3.05, 3.63) is 5.56 Å². The third-order valence-corrected chi connectivity index (χ3v) is 4.65. The summed E-state index contributed by atoms with van der Waals surface area (Å²) in [6, 6.07) is 0. The molecular formula is C12H21N3O4S2. The van der Waals surface area contributed by atoms with Gasteiger partial charge in [-0.3, -0.25) is 0 Å². The summed E-state index contributed by atoms with van der Waals surface area (Å²) in [7, 11) is -3.13. The lowest BCUT2D eigenvalue weighted by Gasteiger charge is -2.04. The van der Waals surface area contributed by atoms with Crippen LogP contribution in [-0.2, 0) is 21.1 Å². The van der Waals surface area contributed by atoms with Gasteiger partial charge in [0, 0.05) is 6.26 Å². The van der Waals surface area contributed by atoms with Crippen molar-refractivity contribution in [3.8, 4) is 0 Å². The van der Waals surface area contributed by atoms with Crippen LogP contribution in [0.4, 0.5) is 5.82 Å². The average Bonchev–Trinajstić information content (AvgIpc) is 2.70. The van der Waals surface area contributed by atoms with Crippen LogP contribution in [0.1, 0.15) is 30.6 Å². The molecule has 120 valence electrons. The van der Waals surface area contributed by atoms with Crippen molar-refractivity contribution in [1.29, 1.82) is 0 Å². The van der Waals surface area contributed by atoms with Gasteiger partial charge in [-0.2, -0.15) is 5.10 Å². The minimum Gasteiger partial charge on any atom is -0.462 e. The first-order valence-corrected chi connectivity index (χ1v) is 9.68. The van der Waals surface area contributed by atoms with Crippen LogP contribution >= 0.6 is 11.8 Å². The number of aryl methyl sites for hydroxylation is 1. The summed E-state index contributed by atoms with van der Waals surface area (Å²) < 4.78 is 28.8. The molecule has 7 nitrogen and oxygen atoms in total. The van der Waals surface area contributed by atoms with Gasteiger partial charge in [-0.15, -0.1) is 11.8 Å². The van der Waals surface area contributed by atoms with Crippen LogP contribution in [0, 0.1) is 0 Å². The Bertz CT molecular complexity index is 596. The Labute approximate surface area is 129 Å². The number of nitrogen functional groups attached to an aromatic ring is 1. The summed E-state index contributed by atoms with van der Waals surface area (Å²) in [6.07, 6.45) is 2.06. The standard InChI is InChI=1S/C12H21N3O4S2/c1-4-7-20-11-9(12(16)19-5-2)10(13)15(14-11)6-8-21(3,17)18/h4-8,13H2,1-3H3. The monoisotopic (exact) mass is 335 g/mol. The van der Waals surface area contributed by atoms with E-state index in [1.807, 2.05) is 6.92 Å². The summed E-state index contributed by atoms with van der Waals surface area (Å²) in [4.78, 5) is 12.0. The van der Waals surface area contributed by atoms with Crippen LogP contribution in [0.25, 0.3) is 0 Å². The van der Waals surface area contributed by atoms with E-state index >= 15 is 0 Å². The van der Waals surface area contributed by atoms with Gasteiger partial charge in [0.25, 0.3) is 0 Å². The van der Waals surface area contributed by atoms with Crippen LogP contribution in [0.3, 0.4) is 0 Å². The predicted molar refractivity (Wildman–Crippen MR) is 83.3 cm³/mol. The zero-order valence-electron chi connectivity index (χ0n) is 12.5. The quantitative estimate of drug-likeness (QED) is 0.562. The van der Waals surface area contributed by atoms with Crippen LogP contribution < -0.4 is 5.73 Å². The van der Waals surface area contributed by atoms with Gasteiger partial charge < -0.3 is 10.5 Å². The fourth-order valence-electron chi connectivity index (χ4n) is 1.57. The minimum atomic E-state index is -3.13. The molecule has 9 heteroatoms. The lowest BCUT2D eigenvalue weighted by molar-refractivity contribution is 0.0523. The summed E-state index contributed by atoms with van der Waals surface area (Å²) in [6.45, 7) is 4.08. The summed E-state index contributed by atoms with van der Waals surface area (Å²) >= 11 is 1.41. The fraction of sp³-hybridized carbons (Fsp3) is 0.667. The second-order valence-electron chi connectivity index (χ2n) is 4.49. The molecule has 0 unspecified atom stereocenters. The van der Waals surface area contributed by atoms with Gasteiger partial charge >= 0.3 is 5.97 Å². The number of ether oxygens (including phenoxy) is 1. The average molecular weight is 335 g/mol. The van der Waals surface area contributed by atoms with Crippen molar-refractivity contribution in [3.63, 3.8) is 0 Å². The second kappa shape index (κ2) is 7.69. The zero-order chi connectivity index (χ0) is 16.0. The van der Waals surface area contributed by atoms with Gasteiger partial charge in [0.15, 0.2) is 0 Å². The van der Waals surface area contributed by atoms with E-state index < -0.39 is 15.8 Å². The number of anilines is 1. The fourth-order valence-corrected chi connectivity index (χ4v) is 2.96. The number of carbonyl (C=O) groups is 1. The molecule has 0 saturated carbocycles. The Morgan fingerprint density at radius 1 is 1.43 bits per heavy atom. The molecule has 1 aromatic rings. The molecule has 21 heavy (non-hydrogen) atoms. The smallest absolute Gasteiger partial charge is 0.344 e. The molecular weight excluding hydrogens is 314 g/mol. The van der Waals surface area contributed by atoms with Crippen LogP contribution in [0.15, 0.2) is 5.03 Å². The molecule has 1 aromatic heterocycles. The maximum Gasteiger partial charge on any atom is 0.344 e. The topological polar surface area (TPSA) is 104 Å². The molecule has 0 spiro atoms. The Kier molecular flexibility index (Phi) is 6.53. The first-order valence-electron chi connectivity index (χ1n) is 6.64. The summed E-state index contributed by atoms with van der Waals surface area (Å²) in [5.74, 6) is 0.323. The molecule has 0 saturated heterocycles. The molecule has 0 aliphatic rings. The summed E-state index contributed by atoms with van der Waals surface area (Å²) in [5.41, 5.74) is 6.15. The number of thioether (sulfide) groups is 1. The van der Waals surface area contributed by atoms with Gasteiger partial charge in [0.05, 0.1) is 18.9 Å². The van der Waals surface area contributed by atoms with Crippen molar-refractivity contribution in [2.45, 2.75) is 31.8 Å². The molecule has 0 fully saturated rings. The lowest BCUT2D eigenvalue weighted by atomic mass is 10.3. The number of carbonyl (C=O) groups excluding carboxylic acids is 1. The highest BCUT2D eigenvalue weighted by molar-refractivity contribution is 7.99. The number of nitrogens with two attached hydrogens (primary N) is 1. The van der Waals surface area contributed by atoms with Crippen LogP contribution in [0.5, 0.6) is 0 Å². The molecule has 0 bridgehead atoms. The van der Waals surface area contributed by atoms with Crippen molar-refractivity contribution in [1.82, 2.24) is 9.78 Å². The normalized spacial score (nSPS) is 11.6. The van der Waals surface area contributed by atoms with E-state index in [1.165, 1.54) is 16.4 Å². The van der Waals surface area contributed by atoms with Crippen LogP contribution in [0.2, 0.25) is 0 Å². The van der Waals surface area contributed by atoms with E-state index in [2.05, 4.69) is 5.10 Å². The molecule has 1 heterocycles. The highest BCUT2D eigenvalue weighted by Gasteiger charge is 2.23. The molecule has 0 atom stereocenters. The SMILES string of the molecule is CCCSc1nn(CCS(C)(=O)=O)c(N)c1C(=O)OCC. The molecule has 0 radical (unpaired) electrons. The number of sulfone groups is 1. The van der Waals surface area contributed by atoms with E-state index in [1.54, 1.807) is 6.92 Å². The molecule has 0 aliphatic heterocycles. The van der Waals surface area contributed by atoms with Crippen molar-refractivity contribution in [2.75, 3.05) is 30.1 Å². The Morgan fingerprint density at radius 2 is 2.10 bits per heavy atom. The Hall–Kier alpha value is -1.22. The van der Waals surface area contributed by atoms with Crippen molar-refractivity contribution < 1.29 is 17.9 Å². The zero-order valence-corrected chi connectivity index (χ0v) is 14.1. The third-order valence-electron chi connectivity index (χ3n) is 2.56. The van der Waals surface area contributed by atoms with Gasteiger partial charge in [-0.1, -0.05) is 6.92 Å². The Balaban J connectivity index is 3.07. The molecule has 1 rings (SSSR count). The van der Waals surface area contributed by atoms with Gasteiger partial charge in [0.2, 0.25) is 0 Å². The van der Waals surface area contributed by atoms with E-state index in [9.17, 15) is 13.2 Å². The van der Waals surface area contributed by atoms with E-state index in [4.69, 9.17) is 10.5 Å². The lowest BCUT2D eigenvalue weighted by Crippen LogP contribution is -2.15. The number of nitrogens with zero attached hydrogens (tertiary/aromatic N) is 2.